The van der Waals surface area contributed by atoms with Gasteiger partial charge in [0.1, 0.15) is 28.1 Å². The predicted octanol–water partition coefficient (Wildman–Crippen LogP) is 4.80. The number of allylic oxidation sites excluding steroid dienone is 1. The Balaban J connectivity index is 1.82. The van der Waals surface area contributed by atoms with E-state index < -0.39 is 0 Å². The largest absolute Gasteiger partial charge is 0.497 e. The van der Waals surface area contributed by atoms with E-state index in [1.165, 1.54) is 11.3 Å². The standard InChI is InChI=1S/C20H17N3O2S/c1-24-16-9-7-14(8-10-16)18-13-26-20(23-18)15(11-21)12-22-17-5-3-4-6-19(17)25-2/h3-10,12-13,22H,1-2H3. The lowest BCUT2D eigenvalue weighted by Crippen LogP contribution is -1.94. The molecule has 0 radical (unpaired) electrons. The van der Waals surface area contributed by atoms with Crippen LogP contribution in [0.3, 0.4) is 0 Å². The Hall–Kier alpha value is -3.30. The normalized spacial score (nSPS) is 10.9. The van der Waals surface area contributed by atoms with Gasteiger partial charge in [-0.25, -0.2) is 4.98 Å². The Morgan fingerprint density at radius 2 is 1.88 bits per heavy atom. The number of benzene rings is 2. The Morgan fingerprint density at radius 1 is 1.12 bits per heavy atom. The lowest BCUT2D eigenvalue weighted by Gasteiger charge is -2.07. The number of hydrogen-bond acceptors (Lipinski definition) is 6. The maximum atomic E-state index is 9.49. The number of para-hydroxylation sites is 2. The minimum Gasteiger partial charge on any atom is -0.497 e. The average molecular weight is 363 g/mol. The number of hydrogen-bond donors (Lipinski definition) is 1. The fourth-order valence-electron chi connectivity index (χ4n) is 2.35. The highest BCUT2D eigenvalue weighted by Gasteiger charge is 2.09. The summed E-state index contributed by atoms with van der Waals surface area (Å²) in [6.07, 6.45) is 1.65. The summed E-state index contributed by atoms with van der Waals surface area (Å²) in [5.74, 6) is 1.50. The number of nitrogens with one attached hydrogen (secondary N) is 1. The van der Waals surface area contributed by atoms with Crippen molar-refractivity contribution in [2.24, 2.45) is 0 Å². The zero-order chi connectivity index (χ0) is 18.4. The molecule has 0 saturated carbocycles. The van der Waals surface area contributed by atoms with E-state index in [0.717, 1.165) is 22.7 Å². The van der Waals surface area contributed by atoms with Gasteiger partial charge < -0.3 is 14.8 Å². The molecular formula is C20H17N3O2S. The minimum atomic E-state index is 0.459. The molecule has 0 atom stereocenters. The van der Waals surface area contributed by atoms with Crippen molar-refractivity contribution in [1.82, 2.24) is 4.98 Å². The monoisotopic (exact) mass is 363 g/mol. The number of methoxy groups -OCH3 is 2. The number of anilines is 1. The van der Waals surface area contributed by atoms with E-state index in [-0.39, 0.29) is 0 Å². The van der Waals surface area contributed by atoms with Gasteiger partial charge in [-0.3, -0.25) is 0 Å². The zero-order valence-electron chi connectivity index (χ0n) is 14.4. The molecule has 2 aromatic carbocycles. The molecule has 3 rings (SSSR count). The van der Waals surface area contributed by atoms with Crippen molar-refractivity contribution in [2.45, 2.75) is 0 Å². The predicted molar refractivity (Wildman–Crippen MR) is 104 cm³/mol. The van der Waals surface area contributed by atoms with Crippen molar-refractivity contribution in [3.63, 3.8) is 0 Å². The van der Waals surface area contributed by atoms with E-state index in [0.29, 0.717) is 16.3 Å². The molecule has 5 nitrogen and oxygen atoms in total. The average Bonchev–Trinajstić information content (AvgIpc) is 3.19. The Kier molecular flexibility index (Phi) is 5.52. The molecule has 1 heterocycles. The summed E-state index contributed by atoms with van der Waals surface area (Å²) < 4.78 is 10.5. The van der Waals surface area contributed by atoms with Crippen molar-refractivity contribution in [2.75, 3.05) is 19.5 Å². The molecule has 0 spiro atoms. The van der Waals surface area contributed by atoms with Crippen molar-refractivity contribution in [3.05, 3.63) is 65.1 Å². The summed E-state index contributed by atoms with van der Waals surface area (Å²) in [5.41, 5.74) is 3.05. The van der Waals surface area contributed by atoms with Gasteiger partial charge in [0.25, 0.3) is 0 Å². The second-order valence-corrected chi connectivity index (χ2v) is 6.14. The second kappa shape index (κ2) is 8.19. The molecule has 0 aliphatic rings. The van der Waals surface area contributed by atoms with Crippen LogP contribution in [0.2, 0.25) is 0 Å². The highest BCUT2D eigenvalue weighted by Crippen LogP contribution is 2.28. The quantitative estimate of drug-likeness (QED) is 0.637. The first-order valence-electron chi connectivity index (χ1n) is 7.85. The first-order valence-corrected chi connectivity index (χ1v) is 8.73. The van der Waals surface area contributed by atoms with E-state index in [1.54, 1.807) is 20.4 Å². The minimum absolute atomic E-state index is 0.459. The Labute approximate surface area is 156 Å². The van der Waals surface area contributed by atoms with Gasteiger partial charge in [-0.15, -0.1) is 11.3 Å². The Morgan fingerprint density at radius 3 is 2.58 bits per heavy atom. The third-order valence-corrected chi connectivity index (χ3v) is 4.60. The van der Waals surface area contributed by atoms with Crippen molar-refractivity contribution in [3.8, 4) is 28.8 Å². The van der Waals surface area contributed by atoms with Crippen LogP contribution in [0.5, 0.6) is 11.5 Å². The first-order chi connectivity index (χ1) is 12.7. The van der Waals surface area contributed by atoms with Gasteiger partial charge in [0.05, 0.1) is 25.6 Å². The Bertz CT molecular complexity index is 956. The molecule has 0 unspecified atom stereocenters. The zero-order valence-corrected chi connectivity index (χ0v) is 15.2. The van der Waals surface area contributed by atoms with E-state index >= 15 is 0 Å². The summed E-state index contributed by atoms with van der Waals surface area (Å²) >= 11 is 1.43. The summed E-state index contributed by atoms with van der Waals surface area (Å²) in [6, 6.07) is 17.4. The van der Waals surface area contributed by atoms with Gasteiger partial charge in [0.15, 0.2) is 0 Å². The summed E-state index contributed by atoms with van der Waals surface area (Å²) in [7, 11) is 3.24. The molecule has 0 fully saturated rings. The topological polar surface area (TPSA) is 67.2 Å². The van der Waals surface area contributed by atoms with Crippen LogP contribution >= 0.6 is 11.3 Å². The van der Waals surface area contributed by atoms with Crippen LogP contribution in [0, 0.1) is 11.3 Å². The third-order valence-electron chi connectivity index (χ3n) is 3.72. The third kappa shape index (κ3) is 3.85. The highest BCUT2D eigenvalue weighted by atomic mass is 32.1. The molecule has 0 bridgehead atoms. The van der Waals surface area contributed by atoms with Gasteiger partial charge in [-0.1, -0.05) is 12.1 Å². The number of rotatable bonds is 6. The van der Waals surface area contributed by atoms with Crippen LogP contribution in [0.25, 0.3) is 16.8 Å². The molecule has 1 aromatic heterocycles. The molecule has 6 heteroatoms. The lowest BCUT2D eigenvalue weighted by molar-refractivity contribution is 0.415. The van der Waals surface area contributed by atoms with Gasteiger partial charge in [0, 0.05) is 17.1 Å². The van der Waals surface area contributed by atoms with Gasteiger partial charge in [-0.05, 0) is 36.4 Å². The van der Waals surface area contributed by atoms with Crippen LogP contribution in [0.15, 0.2) is 60.1 Å². The molecular weight excluding hydrogens is 346 g/mol. The number of thiazole rings is 1. The van der Waals surface area contributed by atoms with Crippen LogP contribution in [0.4, 0.5) is 5.69 Å². The fourth-order valence-corrected chi connectivity index (χ4v) is 3.14. The van der Waals surface area contributed by atoms with Crippen molar-refractivity contribution < 1.29 is 9.47 Å². The van der Waals surface area contributed by atoms with E-state index in [9.17, 15) is 5.26 Å². The van der Waals surface area contributed by atoms with Crippen LogP contribution in [0.1, 0.15) is 5.01 Å². The van der Waals surface area contributed by atoms with Gasteiger partial charge in [0.2, 0.25) is 0 Å². The fraction of sp³-hybridized carbons (Fsp3) is 0.100. The van der Waals surface area contributed by atoms with E-state index in [2.05, 4.69) is 16.4 Å². The van der Waals surface area contributed by atoms with Gasteiger partial charge in [-0.2, -0.15) is 5.26 Å². The maximum absolute atomic E-state index is 9.49. The van der Waals surface area contributed by atoms with Crippen molar-refractivity contribution in [1.29, 1.82) is 5.26 Å². The molecule has 0 aliphatic carbocycles. The number of nitriles is 1. The molecule has 0 amide bonds. The summed E-state index contributed by atoms with van der Waals surface area (Å²) in [6.45, 7) is 0. The number of aromatic nitrogens is 1. The first kappa shape index (κ1) is 17.5. The molecule has 130 valence electrons. The molecule has 0 saturated heterocycles. The number of ether oxygens (including phenoxy) is 2. The molecule has 1 N–H and O–H groups in total. The van der Waals surface area contributed by atoms with Gasteiger partial charge >= 0.3 is 0 Å². The van der Waals surface area contributed by atoms with Crippen LogP contribution < -0.4 is 14.8 Å². The molecule has 0 aliphatic heterocycles. The second-order valence-electron chi connectivity index (χ2n) is 5.28. The van der Waals surface area contributed by atoms with Crippen molar-refractivity contribution >= 4 is 22.6 Å². The SMILES string of the molecule is COc1ccc(-c2csc(C(C#N)=CNc3ccccc3OC)n2)cc1. The molecule has 3 aromatic rings. The lowest BCUT2D eigenvalue weighted by atomic mass is 10.2. The molecule has 26 heavy (non-hydrogen) atoms. The van der Waals surface area contributed by atoms with E-state index in [4.69, 9.17) is 9.47 Å². The summed E-state index contributed by atoms with van der Waals surface area (Å²) in [5, 5.41) is 15.2. The highest BCUT2D eigenvalue weighted by molar-refractivity contribution is 7.11. The maximum Gasteiger partial charge on any atom is 0.142 e. The van der Waals surface area contributed by atoms with Crippen LogP contribution in [-0.2, 0) is 0 Å². The number of nitrogens with zero attached hydrogens (tertiary/aromatic N) is 2. The van der Waals surface area contributed by atoms with Crippen LogP contribution in [-0.4, -0.2) is 19.2 Å². The summed E-state index contributed by atoms with van der Waals surface area (Å²) in [4.78, 5) is 4.58. The van der Waals surface area contributed by atoms with E-state index in [1.807, 2.05) is 53.9 Å². The smallest absolute Gasteiger partial charge is 0.142 e.